The summed E-state index contributed by atoms with van der Waals surface area (Å²) in [5.74, 6) is -1.53. The highest BCUT2D eigenvalue weighted by molar-refractivity contribution is 5.78. The van der Waals surface area contributed by atoms with Crippen molar-refractivity contribution in [1.29, 1.82) is 0 Å². The van der Waals surface area contributed by atoms with E-state index >= 15 is 0 Å². The molecule has 0 saturated carbocycles. The number of aromatic nitrogens is 3. The number of anilines is 1. The second-order valence-corrected chi connectivity index (χ2v) is 9.22. The van der Waals surface area contributed by atoms with Crippen LogP contribution in [0.1, 0.15) is 22.4 Å². The van der Waals surface area contributed by atoms with Gasteiger partial charge in [0.1, 0.15) is 17.2 Å². The van der Waals surface area contributed by atoms with E-state index in [2.05, 4.69) is 15.3 Å². The minimum Gasteiger partial charge on any atom is -0.493 e. The number of hydrogen-bond donors (Lipinski definition) is 1. The molecule has 180 valence electrons. The van der Waals surface area contributed by atoms with Gasteiger partial charge in [-0.2, -0.15) is 0 Å². The van der Waals surface area contributed by atoms with Crippen molar-refractivity contribution >= 4 is 11.6 Å². The fourth-order valence-electron chi connectivity index (χ4n) is 4.87. The van der Waals surface area contributed by atoms with E-state index in [1.165, 1.54) is 6.07 Å². The van der Waals surface area contributed by atoms with E-state index in [0.717, 1.165) is 39.3 Å². The predicted molar refractivity (Wildman–Crippen MR) is 126 cm³/mol. The molecule has 6 nitrogen and oxygen atoms in total. The maximum absolute atomic E-state index is 14.6. The van der Waals surface area contributed by atoms with Crippen LogP contribution in [0.3, 0.4) is 0 Å². The van der Waals surface area contributed by atoms with Crippen LogP contribution in [-0.4, -0.2) is 44.9 Å². The quantitative estimate of drug-likeness (QED) is 0.429. The van der Waals surface area contributed by atoms with Crippen molar-refractivity contribution in [3.8, 4) is 16.9 Å². The second-order valence-electron chi connectivity index (χ2n) is 9.22. The molecule has 0 unspecified atom stereocenters. The fraction of sp³-hybridized carbons (Fsp3) is 0.308. The highest BCUT2D eigenvalue weighted by atomic mass is 19.3. The Labute approximate surface area is 200 Å². The molecule has 0 bridgehead atoms. The number of likely N-dealkylation sites (tertiary alicyclic amines) is 1. The first-order valence-corrected chi connectivity index (χ1v) is 11.6. The van der Waals surface area contributed by atoms with Gasteiger partial charge in [0, 0.05) is 48.6 Å². The molecule has 4 aromatic rings. The Morgan fingerprint density at radius 1 is 1.11 bits per heavy atom. The number of imidazole rings is 1. The van der Waals surface area contributed by atoms with Crippen LogP contribution in [0.4, 0.5) is 19.1 Å². The maximum Gasteiger partial charge on any atom is 0.272 e. The lowest BCUT2D eigenvalue weighted by Crippen LogP contribution is -2.55. The Morgan fingerprint density at radius 2 is 1.91 bits per heavy atom. The summed E-state index contributed by atoms with van der Waals surface area (Å²) in [5, 5.41) is 3.27. The summed E-state index contributed by atoms with van der Waals surface area (Å²) in [6, 6.07) is 10.9. The van der Waals surface area contributed by atoms with Gasteiger partial charge in [-0.3, -0.25) is 9.30 Å². The Balaban J connectivity index is 1.25. The monoisotopic (exact) mass is 479 g/mol. The normalized spacial score (nSPS) is 16.7. The summed E-state index contributed by atoms with van der Waals surface area (Å²) in [5.41, 5.74) is 5.82. The van der Waals surface area contributed by atoms with Crippen molar-refractivity contribution in [3.63, 3.8) is 0 Å². The van der Waals surface area contributed by atoms with E-state index < -0.39 is 5.92 Å². The summed E-state index contributed by atoms with van der Waals surface area (Å²) >= 11 is 0. The topological polar surface area (TPSA) is 54.7 Å². The van der Waals surface area contributed by atoms with Gasteiger partial charge in [0.2, 0.25) is 5.95 Å². The maximum atomic E-state index is 14.6. The number of nitrogens with one attached hydrogen (secondary N) is 1. The number of fused-ring (bicyclic) bond motifs is 2. The molecule has 0 atom stereocenters. The second kappa shape index (κ2) is 8.27. The molecule has 2 aliphatic heterocycles. The van der Waals surface area contributed by atoms with E-state index in [1.54, 1.807) is 17.2 Å². The van der Waals surface area contributed by atoms with Crippen LogP contribution in [0.5, 0.6) is 5.75 Å². The number of aryl methyl sites for hydroxylation is 1. The van der Waals surface area contributed by atoms with Crippen LogP contribution in [-0.2, 0) is 19.5 Å². The lowest BCUT2D eigenvalue weighted by molar-refractivity contribution is -0.133. The Morgan fingerprint density at radius 3 is 2.69 bits per heavy atom. The zero-order chi connectivity index (χ0) is 24.2. The minimum absolute atomic E-state index is 0.191. The molecule has 2 aromatic heterocycles. The van der Waals surface area contributed by atoms with E-state index in [1.807, 2.05) is 41.8 Å². The Hall–Kier alpha value is -3.59. The zero-order valence-corrected chi connectivity index (χ0v) is 19.2. The van der Waals surface area contributed by atoms with Crippen LogP contribution >= 0.6 is 0 Å². The number of ether oxygens (including phenoxy) is 1. The zero-order valence-electron chi connectivity index (χ0n) is 19.2. The molecule has 1 fully saturated rings. The first-order chi connectivity index (χ1) is 16.9. The molecule has 0 radical (unpaired) electrons. The fourth-order valence-corrected chi connectivity index (χ4v) is 4.87. The summed E-state index contributed by atoms with van der Waals surface area (Å²) in [4.78, 5) is 11.0. The first kappa shape index (κ1) is 21.9. The molecule has 2 aromatic carbocycles. The van der Waals surface area contributed by atoms with Crippen LogP contribution < -0.4 is 10.1 Å². The van der Waals surface area contributed by atoms with Crippen LogP contribution in [0.25, 0.3) is 16.8 Å². The number of halogens is 3. The predicted octanol–water partition coefficient (Wildman–Crippen LogP) is 4.84. The van der Waals surface area contributed by atoms with Gasteiger partial charge in [-0.1, -0.05) is 24.3 Å². The van der Waals surface area contributed by atoms with Crippen LogP contribution in [0.15, 0.2) is 48.8 Å². The van der Waals surface area contributed by atoms with Crippen molar-refractivity contribution in [1.82, 2.24) is 19.3 Å². The van der Waals surface area contributed by atoms with Gasteiger partial charge in [0.05, 0.1) is 25.4 Å². The van der Waals surface area contributed by atoms with Crippen molar-refractivity contribution in [2.24, 2.45) is 0 Å². The van der Waals surface area contributed by atoms with Gasteiger partial charge in [-0.15, -0.1) is 0 Å². The number of rotatable bonds is 6. The van der Waals surface area contributed by atoms with Crippen molar-refractivity contribution in [3.05, 3.63) is 77.0 Å². The molecule has 4 heterocycles. The molecular weight excluding hydrogens is 455 g/mol. The number of benzene rings is 2. The average molecular weight is 480 g/mol. The first-order valence-electron chi connectivity index (χ1n) is 11.6. The molecule has 0 spiro atoms. The van der Waals surface area contributed by atoms with Gasteiger partial charge in [0.25, 0.3) is 5.92 Å². The van der Waals surface area contributed by atoms with Gasteiger partial charge >= 0.3 is 0 Å². The molecule has 6 rings (SSSR count). The van der Waals surface area contributed by atoms with E-state index in [9.17, 15) is 13.2 Å². The van der Waals surface area contributed by atoms with Gasteiger partial charge in [-0.25, -0.2) is 23.1 Å². The average Bonchev–Trinajstić information content (AvgIpc) is 3.44. The SMILES string of the molecule is Cc1cn2c(NCc3c(F)ccc4c3CCO4)ncc(-c3ccc(CN4CC(F)(F)C4)cc3)c2n1. The van der Waals surface area contributed by atoms with Gasteiger partial charge in [0.15, 0.2) is 0 Å². The molecule has 35 heavy (non-hydrogen) atoms. The third-order valence-electron chi connectivity index (χ3n) is 6.56. The largest absolute Gasteiger partial charge is 0.493 e. The van der Waals surface area contributed by atoms with E-state index in [0.29, 0.717) is 31.1 Å². The van der Waals surface area contributed by atoms with E-state index in [4.69, 9.17) is 4.74 Å². The van der Waals surface area contributed by atoms with Crippen molar-refractivity contribution < 1.29 is 17.9 Å². The third-order valence-corrected chi connectivity index (χ3v) is 6.56. The Bertz CT molecular complexity index is 1410. The Kier molecular flexibility index (Phi) is 5.17. The molecule has 0 amide bonds. The summed E-state index contributed by atoms with van der Waals surface area (Å²) in [7, 11) is 0. The molecular formula is C26H24F3N5O. The molecule has 9 heteroatoms. The van der Waals surface area contributed by atoms with Gasteiger partial charge in [-0.05, 0) is 30.2 Å². The standard InChI is InChI=1S/C26H24F3N5O/c1-16-12-34-24(32-16)20(18-4-2-17(3-5-18)13-33-14-26(28,29)15-33)10-30-25(34)31-11-21-19-8-9-35-23(19)7-6-22(21)27/h2-7,10,12H,8-9,11,13-15H2,1H3,(H,30,31). The summed E-state index contributed by atoms with van der Waals surface area (Å²) < 4.78 is 48.2. The van der Waals surface area contributed by atoms with Crippen LogP contribution in [0, 0.1) is 12.7 Å². The summed E-state index contributed by atoms with van der Waals surface area (Å²) in [6.07, 6.45) is 4.33. The molecule has 0 aliphatic carbocycles. The highest BCUT2D eigenvalue weighted by Crippen LogP contribution is 2.32. The van der Waals surface area contributed by atoms with Crippen LogP contribution in [0.2, 0.25) is 0 Å². The number of nitrogens with zero attached hydrogens (tertiary/aromatic N) is 4. The summed E-state index contributed by atoms with van der Waals surface area (Å²) in [6.45, 7) is 2.87. The lowest BCUT2D eigenvalue weighted by atomic mass is 10.0. The molecule has 1 N–H and O–H groups in total. The third kappa shape index (κ3) is 4.10. The van der Waals surface area contributed by atoms with E-state index in [-0.39, 0.29) is 25.5 Å². The number of hydrogen-bond acceptors (Lipinski definition) is 5. The molecule has 1 saturated heterocycles. The smallest absolute Gasteiger partial charge is 0.272 e. The van der Waals surface area contributed by atoms with Crippen molar-refractivity contribution in [2.75, 3.05) is 25.0 Å². The minimum atomic E-state index is -2.56. The molecule has 2 aliphatic rings. The lowest BCUT2D eigenvalue weighted by Gasteiger charge is -2.38. The highest BCUT2D eigenvalue weighted by Gasteiger charge is 2.43. The van der Waals surface area contributed by atoms with Crippen molar-refractivity contribution in [2.45, 2.75) is 32.4 Å². The number of alkyl halides is 2. The van der Waals surface area contributed by atoms with Gasteiger partial charge < -0.3 is 10.1 Å².